The second kappa shape index (κ2) is 5.01. The van der Waals surface area contributed by atoms with E-state index in [0.29, 0.717) is 11.5 Å². The summed E-state index contributed by atoms with van der Waals surface area (Å²) in [4.78, 5) is 19.6. The SMILES string of the molecule is CNC(=O)c1ccc2nc(C3CCOCC3)[nH]c2c1. The van der Waals surface area contributed by atoms with Crippen LogP contribution in [0.25, 0.3) is 11.0 Å². The van der Waals surface area contributed by atoms with E-state index in [1.165, 1.54) is 0 Å². The second-order valence-corrected chi connectivity index (χ2v) is 4.82. The Kier molecular flexibility index (Phi) is 3.21. The van der Waals surface area contributed by atoms with Gasteiger partial charge in [-0.1, -0.05) is 0 Å². The zero-order valence-corrected chi connectivity index (χ0v) is 10.9. The maximum absolute atomic E-state index is 11.6. The fraction of sp³-hybridized carbons (Fsp3) is 0.429. The number of hydrogen-bond donors (Lipinski definition) is 2. The number of benzene rings is 1. The summed E-state index contributed by atoms with van der Waals surface area (Å²) in [6, 6.07) is 5.54. The van der Waals surface area contributed by atoms with Crippen LogP contribution in [0.1, 0.15) is 34.9 Å². The van der Waals surface area contributed by atoms with Crippen molar-refractivity contribution in [2.75, 3.05) is 20.3 Å². The van der Waals surface area contributed by atoms with Gasteiger partial charge < -0.3 is 15.0 Å². The average molecular weight is 259 g/mol. The summed E-state index contributed by atoms with van der Waals surface area (Å²) in [5.74, 6) is 1.36. The Hall–Kier alpha value is -1.88. The molecule has 2 heterocycles. The fourth-order valence-electron chi connectivity index (χ4n) is 2.48. The van der Waals surface area contributed by atoms with E-state index in [1.807, 2.05) is 12.1 Å². The van der Waals surface area contributed by atoms with Crippen molar-refractivity contribution in [1.82, 2.24) is 15.3 Å². The number of fused-ring (bicyclic) bond motifs is 1. The molecule has 19 heavy (non-hydrogen) atoms. The quantitative estimate of drug-likeness (QED) is 0.864. The smallest absolute Gasteiger partial charge is 0.251 e. The average Bonchev–Trinajstić information content (AvgIpc) is 2.90. The molecular weight excluding hydrogens is 242 g/mol. The van der Waals surface area contributed by atoms with E-state index < -0.39 is 0 Å². The number of rotatable bonds is 2. The van der Waals surface area contributed by atoms with Gasteiger partial charge in [-0.25, -0.2) is 4.98 Å². The number of H-pyrrole nitrogens is 1. The van der Waals surface area contributed by atoms with E-state index in [9.17, 15) is 4.79 Å². The number of hydrogen-bond acceptors (Lipinski definition) is 3. The lowest BCUT2D eigenvalue weighted by Gasteiger charge is -2.19. The van der Waals surface area contributed by atoms with Crippen LogP contribution in [0, 0.1) is 0 Å². The van der Waals surface area contributed by atoms with E-state index in [-0.39, 0.29) is 5.91 Å². The first-order valence-electron chi connectivity index (χ1n) is 6.57. The number of carbonyl (C=O) groups excluding carboxylic acids is 1. The van der Waals surface area contributed by atoms with Crippen LogP contribution in [0.2, 0.25) is 0 Å². The lowest BCUT2D eigenvalue weighted by atomic mass is 10.00. The molecule has 0 bridgehead atoms. The Balaban J connectivity index is 1.93. The summed E-state index contributed by atoms with van der Waals surface area (Å²) in [5.41, 5.74) is 2.48. The predicted molar refractivity (Wildman–Crippen MR) is 72.3 cm³/mol. The minimum atomic E-state index is -0.0795. The van der Waals surface area contributed by atoms with Crippen LogP contribution in [-0.2, 0) is 4.74 Å². The van der Waals surface area contributed by atoms with Gasteiger partial charge in [0, 0.05) is 31.7 Å². The van der Waals surface area contributed by atoms with E-state index >= 15 is 0 Å². The molecule has 5 nitrogen and oxygen atoms in total. The summed E-state index contributed by atoms with van der Waals surface area (Å²) < 4.78 is 5.37. The molecule has 1 aromatic heterocycles. The summed E-state index contributed by atoms with van der Waals surface area (Å²) in [5, 5.41) is 2.63. The summed E-state index contributed by atoms with van der Waals surface area (Å²) >= 11 is 0. The van der Waals surface area contributed by atoms with Gasteiger partial charge in [0.25, 0.3) is 5.91 Å². The van der Waals surface area contributed by atoms with Gasteiger partial charge in [0.2, 0.25) is 0 Å². The summed E-state index contributed by atoms with van der Waals surface area (Å²) in [7, 11) is 1.63. The molecule has 1 aliphatic rings. The maximum Gasteiger partial charge on any atom is 0.251 e. The van der Waals surface area contributed by atoms with Crippen molar-refractivity contribution in [1.29, 1.82) is 0 Å². The summed E-state index contributed by atoms with van der Waals surface area (Å²) in [6.07, 6.45) is 2.00. The predicted octanol–water partition coefficient (Wildman–Crippen LogP) is 1.82. The van der Waals surface area contributed by atoms with Crippen molar-refractivity contribution < 1.29 is 9.53 Å². The largest absolute Gasteiger partial charge is 0.381 e. The summed E-state index contributed by atoms with van der Waals surface area (Å²) in [6.45, 7) is 1.59. The van der Waals surface area contributed by atoms with Gasteiger partial charge in [-0.15, -0.1) is 0 Å². The number of aromatic nitrogens is 2. The molecule has 5 heteroatoms. The van der Waals surface area contributed by atoms with Gasteiger partial charge in [-0.3, -0.25) is 4.79 Å². The molecule has 1 aromatic carbocycles. The van der Waals surface area contributed by atoms with Crippen LogP contribution in [-0.4, -0.2) is 36.1 Å². The van der Waals surface area contributed by atoms with Crippen LogP contribution in [0.15, 0.2) is 18.2 Å². The van der Waals surface area contributed by atoms with E-state index in [0.717, 1.165) is 42.9 Å². The van der Waals surface area contributed by atoms with Gasteiger partial charge in [-0.05, 0) is 31.0 Å². The highest BCUT2D eigenvalue weighted by atomic mass is 16.5. The highest BCUT2D eigenvalue weighted by molar-refractivity contribution is 5.97. The molecule has 1 aliphatic heterocycles. The van der Waals surface area contributed by atoms with Gasteiger partial charge in [0.1, 0.15) is 5.82 Å². The highest BCUT2D eigenvalue weighted by Gasteiger charge is 2.19. The Morgan fingerprint density at radius 1 is 1.42 bits per heavy atom. The number of imidazole rings is 1. The van der Waals surface area contributed by atoms with Crippen molar-refractivity contribution in [2.45, 2.75) is 18.8 Å². The number of ether oxygens (including phenoxy) is 1. The first-order valence-corrected chi connectivity index (χ1v) is 6.57. The first kappa shape index (κ1) is 12.2. The van der Waals surface area contributed by atoms with Crippen LogP contribution in [0.3, 0.4) is 0 Å². The molecule has 1 fully saturated rings. The normalized spacial score (nSPS) is 16.7. The number of amides is 1. The topological polar surface area (TPSA) is 67.0 Å². The molecule has 3 rings (SSSR count). The van der Waals surface area contributed by atoms with Gasteiger partial charge in [-0.2, -0.15) is 0 Å². The van der Waals surface area contributed by atoms with Crippen LogP contribution in [0.4, 0.5) is 0 Å². The molecule has 2 aromatic rings. The van der Waals surface area contributed by atoms with Gasteiger partial charge in [0.15, 0.2) is 0 Å². The fourth-order valence-corrected chi connectivity index (χ4v) is 2.48. The Bertz CT molecular complexity index is 600. The number of nitrogens with one attached hydrogen (secondary N) is 2. The zero-order valence-electron chi connectivity index (χ0n) is 10.9. The van der Waals surface area contributed by atoms with Crippen molar-refractivity contribution in [3.63, 3.8) is 0 Å². The van der Waals surface area contributed by atoms with Crippen molar-refractivity contribution in [3.05, 3.63) is 29.6 Å². The lowest BCUT2D eigenvalue weighted by Crippen LogP contribution is -2.17. The second-order valence-electron chi connectivity index (χ2n) is 4.82. The van der Waals surface area contributed by atoms with Crippen molar-refractivity contribution in [3.8, 4) is 0 Å². The van der Waals surface area contributed by atoms with Gasteiger partial charge >= 0.3 is 0 Å². The minimum Gasteiger partial charge on any atom is -0.381 e. The molecule has 0 saturated carbocycles. The highest BCUT2D eigenvalue weighted by Crippen LogP contribution is 2.26. The Morgan fingerprint density at radius 3 is 2.95 bits per heavy atom. The Morgan fingerprint density at radius 2 is 2.21 bits per heavy atom. The van der Waals surface area contributed by atoms with Crippen LogP contribution in [0.5, 0.6) is 0 Å². The third-order valence-corrected chi connectivity index (χ3v) is 3.60. The van der Waals surface area contributed by atoms with Gasteiger partial charge in [0.05, 0.1) is 11.0 Å². The van der Waals surface area contributed by atoms with E-state index in [1.54, 1.807) is 13.1 Å². The third kappa shape index (κ3) is 2.33. The molecule has 0 aliphatic carbocycles. The van der Waals surface area contributed by atoms with Crippen LogP contribution >= 0.6 is 0 Å². The molecule has 1 amide bonds. The number of aromatic amines is 1. The van der Waals surface area contributed by atoms with Crippen LogP contribution < -0.4 is 5.32 Å². The molecular formula is C14H17N3O2. The molecule has 0 unspecified atom stereocenters. The monoisotopic (exact) mass is 259 g/mol. The van der Waals surface area contributed by atoms with Crippen molar-refractivity contribution >= 4 is 16.9 Å². The van der Waals surface area contributed by atoms with Crippen molar-refractivity contribution in [2.24, 2.45) is 0 Å². The number of carbonyl (C=O) groups is 1. The third-order valence-electron chi connectivity index (χ3n) is 3.60. The molecule has 0 spiro atoms. The van der Waals surface area contributed by atoms with E-state index in [4.69, 9.17) is 4.74 Å². The molecule has 1 saturated heterocycles. The Labute approximate surface area is 111 Å². The lowest BCUT2D eigenvalue weighted by molar-refractivity contribution is 0.0838. The van der Waals surface area contributed by atoms with E-state index in [2.05, 4.69) is 15.3 Å². The molecule has 0 radical (unpaired) electrons. The maximum atomic E-state index is 11.6. The minimum absolute atomic E-state index is 0.0795. The standard InChI is InChI=1S/C14H17N3O2/c1-15-14(18)10-2-3-11-12(8-10)17-13(16-11)9-4-6-19-7-5-9/h2-3,8-9H,4-7H2,1H3,(H,15,18)(H,16,17). The first-order chi connectivity index (χ1) is 9.28. The number of nitrogens with zero attached hydrogens (tertiary/aromatic N) is 1. The molecule has 2 N–H and O–H groups in total. The zero-order chi connectivity index (χ0) is 13.2. The molecule has 0 atom stereocenters. The molecule has 100 valence electrons.